The Morgan fingerprint density at radius 2 is 1.91 bits per heavy atom. The normalized spacial score (nSPS) is 19.9. The number of piperidine rings is 1. The summed E-state index contributed by atoms with van der Waals surface area (Å²) in [5.74, 6) is 0.917. The van der Waals surface area contributed by atoms with Gasteiger partial charge in [-0.05, 0) is 62.8 Å². The second kappa shape index (κ2) is 6.11. The van der Waals surface area contributed by atoms with E-state index in [0.29, 0.717) is 23.9 Å². The van der Waals surface area contributed by atoms with Gasteiger partial charge in [0.15, 0.2) is 0 Å². The van der Waals surface area contributed by atoms with Crippen molar-refractivity contribution in [2.45, 2.75) is 45.1 Å². The summed E-state index contributed by atoms with van der Waals surface area (Å²) < 4.78 is 0. The van der Waals surface area contributed by atoms with E-state index in [4.69, 9.17) is 0 Å². The van der Waals surface area contributed by atoms with Crippen LogP contribution in [0.15, 0.2) is 24.3 Å². The van der Waals surface area contributed by atoms with Crippen molar-refractivity contribution in [3.05, 3.63) is 29.8 Å². The van der Waals surface area contributed by atoms with E-state index in [-0.39, 0.29) is 11.8 Å². The van der Waals surface area contributed by atoms with E-state index in [1.807, 2.05) is 41.1 Å². The number of anilines is 1. The van der Waals surface area contributed by atoms with Crippen LogP contribution in [-0.2, 0) is 4.79 Å². The molecule has 1 aromatic rings. The summed E-state index contributed by atoms with van der Waals surface area (Å²) in [5.41, 5.74) is 1.60. The number of rotatable bonds is 4. The van der Waals surface area contributed by atoms with E-state index in [9.17, 15) is 9.59 Å². The van der Waals surface area contributed by atoms with Gasteiger partial charge in [0.1, 0.15) is 0 Å². The first-order valence-electron chi connectivity index (χ1n) is 8.25. The van der Waals surface area contributed by atoms with Crippen LogP contribution in [0.5, 0.6) is 0 Å². The zero-order chi connectivity index (χ0) is 15.7. The van der Waals surface area contributed by atoms with Crippen molar-refractivity contribution in [1.29, 1.82) is 0 Å². The van der Waals surface area contributed by atoms with Gasteiger partial charge in [0.2, 0.25) is 5.91 Å². The number of carbonyl (C=O) groups is 2. The Morgan fingerprint density at radius 3 is 2.50 bits per heavy atom. The standard InChI is InChI=1S/C18H24N2O2/c1-13(14-6-7-14)19(2)18(22)15-8-10-16(11-9-15)20-12-4-3-5-17(20)21/h8-11,13-14H,3-7,12H2,1-2H3. The lowest BCUT2D eigenvalue weighted by atomic mass is 10.1. The molecule has 2 fully saturated rings. The van der Waals surface area contributed by atoms with Crippen molar-refractivity contribution < 1.29 is 9.59 Å². The first-order valence-corrected chi connectivity index (χ1v) is 8.25. The quantitative estimate of drug-likeness (QED) is 0.857. The SMILES string of the molecule is CC(C1CC1)N(C)C(=O)c1ccc(N2CCCCC2=O)cc1. The average Bonchev–Trinajstić information content (AvgIpc) is 3.38. The molecule has 0 bridgehead atoms. The highest BCUT2D eigenvalue weighted by atomic mass is 16.2. The molecule has 1 atom stereocenters. The molecule has 0 radical (unpaired) electrons. The minimum Gasteiger partial charge on any atom is -0.339 e. The molecule has 1 unspecified atom stereocenters. The van der Waals surface area contributed by atoms with Crippen molar-refractivity contribution in [2.24, 2.45) is 5.92 Å². The highest BCUT2D eigenvalue weighted by molar-refractivity contribution is 5.97. The Hall–Kier alpha value is -1.84. The summed E-state index contributed by atoms with van der Waals surface area (Å²) in [4.78, 5) is 28.1. The van der Waals surface area contributed by atoms with Crippen LogP contribution in [-0.4, -0.2) is 36.3 Å². The van der Waals surface area contributed by atoms with E-state index in [1.165, 1.54) is 12.8 Å². The molecule has 118 valence electrons. The van der Waals surface area contributed by atoms with Crippen LogP contribution in [0.25, 0.3) is 0 Å². The lowest BCUT2D eigenvalue weighted by Crippen LogP contribution is -2.36. The number of amides is 2. The van der Waals surface area contributed by atoms with Crippen LogP contribution in [0, 0.1) is 5.92 Å². The van der Waals surface area contributed by atoms with Gasteiger partial charge >= 0.3 is 0 Å². The van der Waals surface area contributed by atoms with Gasteiger partial charge in [-0.25, -0.2) is 0 Å². The fourth-order valence-corrected chi connectivity index (χ4v) is 3.15. The highest BCUT2D eigenvalue weighted by Crippen LogP contribution is 2.35. The zero-order valence-electron chi connectivity index (χ0n) is 13.4. The van der Waals surface area contributed by atoms with Crippen molar-refractivity contribution in [1.82, 2.24) is 4.90 Å². The molecule has 1 saturated carbocycles. The van der Waals surface area contributed by atoms with Gasteiger partial charge in [-0.15, -0.1) is 0 Å². The van der Waals surface area contributed by atoms with Gasteiger partial charge in [-0.1, -0.05) is 0 Å². The van der Waals surface area contributed by atoms with Crippen molar-refractivity contribution in [3.8, 4) is 0 Å². The number of hydrogen-bond acceptors (Lipinski definition) is 2. The number of benzene rings is 1. The molecule has 2 amide bonds. The maximum Gasteiger partial charge on any atom is 0.253 e. The molecule has 4 heteroatoms. The van der Waals surface area contributed by atoms with Gasteiger partial charge in [-0.3, -0.25) is 9.59 Å². The highest BCUT2D eigenvalue weighted by Gasteiger charge is 2.32. The molecule has 1 aliphatic heterocycles. The summed E-state index contributed by atoms with van der Waals surface area (Å²) in [6.07, 6.45) is 5.12. The van der Waals surface area contributed by atoms with Crippen LogP contribution < -0.4 is 4.90 Å². The third-order valence-electron chi connectivity index (χ3n) is 4.98. The number of hydrogen-bond donors (Lipinski definition) is 0. The van der Waals surface area contributed by atoms with Gasteiger partial charge in [0, 0.05) is 37.3 Å². The molecular weight excluding hydrogens is 276 g/mol. The molecule has 22 heavy (non-hydrogen) atoms. The summed E-state index contributed by atoms with van der Waals surface area (Å²) in [5, 5.41) is 0. The molecule has 1 heterocycles. The Morgan fingerprint density at radius 1 is 1.23 bits per heavy atom. The summed E-state index contributed by atoms with van der Waals surface area (Å²) >= 11 is 0. The summed E-state index contributed by atoms with van der Waals surface area (Å²) in [6, 6.07) is 7.78. The fraction of sp³-hybridized carbons (Fsp3) is 0.556. The molecule has 0 N–H and O–H groups in total. The van der Waals surface area contributed by atoms with Gasteiger partial charge in [0.25, 0.3) is 5.91 Å². The number of carbonyl (C=O) groups excluding carboxylic acids is 2. The van der Waals surface area contributed by atoms with Crippen LogP contribution in [0.3, 0.4) is 0 Å². The summed E-state index contributed by atoms with van der Waals surface area (Å²) in [6.45, 7) is 2.90. The molecule has 1 saturated heterocycles. The van der Waals surface area contributed by atoms with E-state index in [2.05, 4.69) is 6.92 Å². The molecule has 4 nitrogen and oxygen atoms in total. The van der Waals surface area contributed by atoms with E-state index in [1.54, 1.807) is 0 Å². The predicted octanol–water partition coefficient (Wildman–Crippen LogP) is 3.07. The average molecular weight is 300 g/mol. The molecule has 3 rings (SSSR count). The first kappa shape index (κ1) is 15.1. The zero-order valence-corrected chi connectivity index (χ0v) is 13.4. The monoisotopic (exact) mass is 300 g/mol. The van der Waals surface area contributed by atoms with Crippen LogP contribution in [0.1, 0.15) is 49.4 Å². The molecule has 0 spiro atoms. The molecular formula is C18H24N2O2. The third kappa shape index (κ3) is 3.01. The minimum atomic E-state index is 0.0657. The van der Waals surface area contributed by atoms with Crippen LogP contribution >= 0.6 is 0 Å². The topological polar surface area (TPSA) is 40.6 Å². The maximum absolute atomic E-state index is 12.5. The van der Waals surface area contributed by atoms with Gasteiger partial charge in [0.05, 0.1) is 0 Å². The van der Waals surface area contributed by atoms with Gasteiger partial charge in [-0.2, -0.15) is 0 Å². The van der Waals surface area contributed by atoms with E-state index >= 15 is 0 Å². The lowest BCUT2D eigenvalue weighted by molar-refractivity contribution is -0.119. The fourth-order valence-electron chi connectivity index (χ4n) is 3.15. The Kier molecular flexibility index (Phi) is 4.19. The Labute approximate surface area is 132 Å². The smallest absolute Gasteiger partial charge is 0.253 e. The maximum atomic E-state index is 12.5. The van der Waals surface area contributed by atoms with Crippen LogP contribution in [0.2, 0.25) is 0 Å². The second-order valence-corrected chi connectivity index (χ2v) is 6.54. The Balaban J connectivity index is 1.70. The largest absolute Gasteiger partial charge is 0.339 e. The Bertz CT molecular complexity index is 563. The van der Waals surface area contributed by atoms with Crippen molar-refractivity contribution in [3.63, 3.8) is 0 Å². The molecule has 0 aromatic heterocycles. The molecule has 2 aliphatic rings. The minimum absolute atomic E-state index is 0.0657. The second-order valence-electron chi connectivity index (χ2n) is 6.54. The first-order chi connectivity index (χ1) is 10.6. The van der Waals surface area contributed by atoms with Crippen LogP contribution in [0.4, 0.5) is 5.69 Å². The third-order valence-corrected chi connectivity index (χ3v) is 4.98. The summed E-state index contributed by atoms with van der Waals surface area (Å²) in [7, 11) is 1.88. The number of nitrogens with zero attached hydrogens (tertiary/aromatic N) is 2. The van der Waals surface area contributed by atoms with E-state index in [0.717, 1.165) is 25.1 Å². The predicted molar refractivity (Wildman–Crippen MR) is 86.9 cm³/mol. The van der Waals surface area contributed by atoms with E-state index < -0.39 is 0 Å². The molecule has 1 aliphatic carbocycles. The molecule has 1 aromatic carbocycles. The van der Waals surface area contributed by atoms with Crippen molar-refractivity contribution >= 4 is 17.5 Å². The lowest BCUT2D eigenvalue weighted by Gasteiger charge is -2.27. The van der Waals surface area contributed by atoms with Crippen molar-refractivity contribution in [2.75, 3.05) is 18.5 Å². The van der Waals surface area contributed by atoms with Gasteiger partial charge < -0.3 is 9.80 Å².